The van der Waals surface area contributed by atoms with E-state index in [2.05, 4.69) is 13.8 Å². The zero-order valence-electron chi connectivity index (χ0n) is 18.4. The Balaban J connectivity index is 0. The molecule has 0 bridgehead atoms. The number of hydrogen-bond donors (Lipinski definition) is 3. The van der Waals surface area contributed by atoms with E-state index >= 15 is 0 Å². The first-order chi connectivity index (χ1) is 13.1. The Labute approximate surface area is 169 Å². The molecule has 4 heteroatoms. The molecule has 0 aromatic rings. The van der Waals surface area contributed by atoms with Gasteiger partial charge in [0.2, 0.25) is 0 Å². The lowest BCUT2D eigenvalue weighted by Crippen LogP contribution is -2.19. The van der Waals surface area contributed by atoms with Gasteiger partial charge in [-0.1, -0.05) is 110 Å². The van der Waals surface area contributed by atoms with Crippen LogP contribution < -0.4 is 5.73 Å². The summed E-state index contributed by atoms with van der Waals surface area (Å²) in [5, 5.41) is 17.5. The minimum atomic E-state index is -0.655. The molecule has 0 amide bonds. The van der Waals surface area contributed by atoms with Gasteiger partial charge >= 0.3 is 5.97 Å². The van der Waals surface area contributed by atoms with Gasteiger partial charge in [-0.25, -0.2) is 0 Å². The summed E-state index contributed by atoms with van der Waals surface area (Å²) in [7, 11) is 0. The topological polar surface area (TPSA) is 83.5 Å². The molecule has 4 N–H and O–H groups in total. The van der Waals surface area contributed by atoms with Crippen LogP contribution in [-0.4, -0.2) is 28.8 Å². The molecule has 0 saturated carbocycles. The van der Waals surface area contributed by atoms with Gasteiger partial charge in [0.25, 0.3) is 0 Å². The highest BCUT2D eigenvalue weighted by atomic mass is 16.4. The van der Waals surface area contributed by atoms with Gasteiger partial charge in [-0.15, -0.1) is 0 Å². The molecule has 0 spiro atoms. The molecule has 0 aliphatic carbocycles. The van der Waals surface area contributed by atoms with Crippen molar-refractivity contribution in [2.24, 2.45) is 5.73 Å². The van der Waals surface area contributed by atoms with E-state index in [0.29, 0.717) is 13.0 Å². The number of aliphatic hydroxyl groups is 1. The van der Waals surface area contributed by atoms with Crippen molar-refractivity contribution in [1.29, 1.82) is 0 Å². The number of carboxylic acid groups (broad SMARTS) is 1. The highest BCUT2D eigenvalue weighted by Gasteiger charge is 1.98. The van der Waals surface area contributed by atoms with Crippen molar-refractivity contribution in [3.63, 3.8) is 0 Å². The van der Waals surface area contributed by atoms with Crippen LogP contribution >= 0.6 is 0 Å². The third kappa shape index (κ3) is 30.4. The van der Waals surface area contributed by atoms with Gasteiger partial charge in [0, 0.05) is 13.0 Å². The van der Waals surface area contributed by atoms with Crippen molar-refractivity contribution < 1.29 is 15.0 Å². The van der Waals surface area contributed by atoms with Crippen molar-refractivity contribution in [3.8, 4) is 0 Å². The Bertz CT molecular complexity index is 285. The Morgan fingerprint density at radius 2 is 1.07 bits per heavy atom. The van der Waals surface area contributed by atoms with E-state index in [1.165, 1.54) is 83.5 Å². The maximum atomic E-state index is 10.3. The number of aliphatic carboxylic acids is 1. The van der Waals surface area contributed by atoms with E-state index in [1.807, 2.05) is 0 Å². The first-order valence-electron chi connectivity index (χ1n) is 11.7. The van der Waals surface area contributed by atoms with Gasteiger partial charge in [0.05, 0.1) is 6.10 Å². The number of carboxylic acids is 1. The van der Waals surface area contributed by atoms with Crippen molar-refractivity contribution >= 4 is 5.97 Å². The number of carbonyl (C=O) groups is 1. The third-order valence-electron chi connectivity index (χ3n) is 4.91. The summed E-state index contributed by atoms with van der Waals surface area (Å²) in [6, 6.07) is 0. The van der Waals surface area contributed by atoms with Crippen LogP contribution in [0, 0.1) is 0 Å². The second kappa shape index (κ2) is 25.4. The predicted molar refractivity (Wildman–Crippen MR) is 117 cm³/mol. The highest BCUT2D eigenvalue weighted by molar-refractivity contribution is 5.66. The normalized spacial score (nSPS) is 11.7. The molecule has 4 nitrogen and oxygen atoms in total. The fraction of sp³-hybridized carbons (Fsp3) is 0.957. The molecule has 1 atom stereocenters. The molecule has 1 unspecified atom stereocenters. The third-order valence-corrected chi connectivity index (χ3v) is 4.91. The van der Waals surface area contributed by atoms with Gasteiger partial charge < -0.3 is 15.9 Å². The molecule has 0 heterocycles. The zero-order chi connectivity index (χ0) is 20.6. The smallest absolute Gasteiger partial charge is 0.303 e. The molecule has 0 aromatic heterocycles. The largest absolute Gasteiger partial charge is 0.481 e. The van der Waals surface area contributed by atoms with Crippen molar-refractivity contribution in [3.05, 3.63) is 0 Å². The van der Waals surface area contributed by atoms with E-state index in [1.54, 1.807) is 0 Å². The first-order valence-corrected chi connectivity index (χ1v) is 11.7. The second-order valence-corrected chi connectivity index (χ2v) is 7.77. The van der Waals surface area contributed by atoms with Crippen molar-refractivity contribution in [2.45, 2.75) is 136 Å². The quantitative estimate of drug-likeness (QED) is 0.223. The SMILES string of the molecule is CCCCCC(O)CN.CCCCCCCCCCCCCCCC(=O)O. The predicted octanol–water partition coefficient (Wildman–Crippen LogP) is 6.44. The van der Waals surface area contributed by atoms with Gasteiger partial charge in [-0.3, -0.25) is 4.79 Å². The van der Waals surface area contributed by atoms with E-state index in [0.717, 1.165) is 25.7 Å². The maximum absolute atomic E-state index is 10.3. The van der Waals surface area contributed by atoms with Gasteiger partial charge in [-0.2, -0.15) is 0 Å². The summed E-state index contributed by atoms with van der Waals surface area (Å²) in [6.45, 7) is 4.81. The zero-order valence-corrected chi connectivity index (χ0v) is 18.4. The number of aliphatic hydroxyl groups excluding tert-OH is 1. The minimum absolute atomic E-state index is 0.267. The lowest BCUT2D eigenvalue weighted by molar-refractivity contribution is -0.137. The lowest BCUT2D eigenvalue weighted by atomic mass is 10.0. The molecule has 0 fully saturated rings. The molecule has 0 aromatic carbocycles. The summed E-state index contributed by atoms with van der Waals surface area (Å²) in [4.78, 5) is 10.3. The van der Waals surface area contributed by atoms with Crippen LogP contribution in [0.2, 0.25) is 0 Å². The molecular weight excluding hydrogens is 338 g/mol. The minimum Gasteiger partial charge on any atom is -0.481 e. The van der Waals surface area contributed by atoms with Crippen LogP contribution in [0.3, 0.4) is 0 Å². The van der Waals surface area contributed by atoms with Gasteiger partial charge in [-0.05, 0) is 12.8 Å². The summed E-state index contributed by atoms with van der Waals surface area (Å²) in [5.74, 6) is -0.655. The van der Waals surface area contributed by atoms with Gasteiger partial charge in [0.1, 0.15) is 0 Å². The molecule has 27 heavy (non-hydrogen) atoms. The molecular formula is C23H49NO3. The fourth-order valence-electron chi connectivity index (χ4n) is 3.04. The van der Waals surface area contributed by atoms with Crippen molar-refractivity contribution in [1.82, 2.24) is 0 Å². The van der Waals surface area contributed by atoms with Crippen LogP contribution in [0.15, 0.2) is 0 Å². The number of unbranched alkanes of at least 4 members (excludes halogenated alkanes) is 14. The lowest BCUT2D eigenvalue weighted by Gasteiger charge is -2.04. The van der Waals surface area contributed by atoms with Crippen LogP contribution in [-0.2, 0) is 4.79 Å². The van der Waals surface area contributed by atoms with Crippen LogP contribution in [0.4, 0.5) is 0 Å². The van der Waals surface area contributed by atoms with Gasteiger partial charge in [0.15, 0.2) is 0 Å². The van der Waals surface area contributed by atoms with E-state index in [-0.39, 0.29) is 6.10 Å². The summed E-state index contributed by atoms with van der Waals surface area (Å²) in [6.07, 6.45) is 21.4. The number of nitrogens with two attached hydrogens (primary N) is 1. The molecule has 0 aliphatic heterocycles. The first kappa shape index (κ1) is 28.6. The number of hydrogen-bond acceptors (Lipinski definition) is 3. The highest BCUT2D eigenvalue weighted by Crippen LogP contribution is 2.12. The van der Waals surface area contributed by atoms with Crippen LogP contribution in [0.5, 0.6) is 0 Å². The Morgan fingerprint density at radius 1 is 0.704 bits per heavy atom. The standard InChI is InChI=1S/C16H32O2.C7H17NO/c1-2-3-4-5-6-7-8-9-10-11-12-13-14-15-16(17)18;1-2-3-4-5-7(9)6-8/h2-15H2,1H3,(H,17,18);7,9H,2-6,8H2,1H3. The van der Waals surface area contributed by atoms with E-state index < -0.39 is 5.97 Å². The van der Waals surface area contributed by atoms with Crippen molar-refractivity contribution in [2.75, 3.05) is 6.54 Å². The maximum Gasteiger partial charge on any atom is 0.303 e. The summed E-state index contributed by atoms with van der Waals surface area (Å²) < 4.78 is 0. The molecule has 0 radical (unpaired) electrons. The van der Waals surface area contributed by atoms with Crippen LogP contribution in [0.25, 0.3) is 0 Å². The Hall–Kier alpha value is -0.610. The Kier molecular flexibility index (Phi) is 26.9. The van der Waals surface area contributed by atoms with Crippen LogP contribution in [0.1, 0.15) is 129 Å². The average molecular weight is 388 g/mol. The second-order valence-electron chi connectivity index (χ2n) is 7.77. The molecule has 164 valence electrons. The molecule has 0 saturated heterocycles. The average Bonchev–Trinajstić information content (AvgIpc) is 2.66. The molecule has 0 aliphatic rings. The summed E-state index contributed by atoms with van der Waals surface area (Å²) in [5.41, 5.74) is 5.20. The van der Waals surface area contributed by atoms with E-state index in [9.17, 15) is 4.79 Å². The Morgan fingerprint density at radius 3 is 1.44 bits per heavy atom. The molecule has 0 rings (SSSR count). The number of rotatable bonds is 19. The monoisotopic (exact) mass is 387 g/mol. The summed E-state index contributed by atoms with van der Waals surface area (Å²) >= 11 is 0. The fourth-order valence-corrected chi connectivity index (χ4v) is 3.04. The van der Waals surface area contributed by atoms with E-state index in [4.69, 9.17) is 15.9 Å².